The first kappa shape index (κ1) is 48.5. The van der Waals surface area contributed by atoms with Gasteiger partial charge in [-0.05, 0) is 53.6 Å². The molecule has 2 fully saturated rings. The lowest BCUT2D eigenvalue weighted by molar-refractivity contribution is 0.595. The molecule has 3 aliphatic heterocycles. The van der Waals surface area contributed by atoms with E-state index in [-0.39, 0.29) is 0 Å². The van der Waals surface area contributed by atoms with Gasteiger partial charge in [-0.2, -0.15) is 94.1 Å². The summed E-state index contributed by atoms with van der Waals surface area (Å²) in [7, 11) is 0. The van der Waals surface area contributed by atoms with E-state index < -0.39 is 0 Å². The lowest BCUT2D eigenvalue weighted by atomic mass is 10.1. The zero-order chi connectivity index (χ0) is 32.9. The van der Waals surface area contributed by atoms with Gasteiger partial charge in [-0.15, -0.1) is 11.8 Å². The highest BCUT2D eigenvalue weighted by molar-refractivity contribution is 8.05. The van der Waals surface area contributed by atoms with Crippen LogP contribution in [-0.2, 0) is 0 Å². The molecule has 2 saturated heterocycles. The van der Waals surface area contributed by atoms with Crippen molar-refractivity contribution in [3.05, 3.63) is 35.3 Å². The Morgan fingerprint density at radius 1 is 0.705 bits per heavy atom. The standard InChI is InChI=1S/C11H22S3.C8H16S2.C8H14S2.C6H10S2.C2H6/c1-4-6-13-7-8-14-10-11(3)9-12-5-2;2*1-2-3-8-6-9-4-5-10-7-8;1-6-4-7-2-3-8-5-6;1-2/h3-10H2,1-2H3;8H,2-7H2,1H3;6H,2-5,7H2,1H3;1-5H2;1-2H3. The summed E-state index contributed by atoms with van der Waals surface area (Å²) in [6, 6.07) is 0. The van der Waals surface area contributed by atoms with Crippen LogP contribution >= 0.6 is 106 Å². The number of rotatable bonds is 14. The normalized spacial score (nSPS) is 17.2. The van der Waals surface area contributed by atoms with Crippen LogP contribution in [0.15, 0.2) is 35.3 Å². The van der Waals surface area contributed by atoms with Gasteiger partial charge >= 0.3 is 0 Å². The summed E-state index contributed by atoms with van der Waals surface area (Å²) in [5.41, 5.74) is 4.44. The predicted molar refractivity (Wildman–Crippen MR) is 238 cm³/mol. The fourth-order valence-electron chi connectivity index (χ4n) is 3.68. The topological polar surface area (TPSA) is 0 Å². The fraction of sp³-hybridized carbons (Fsp3) is 0.829. The van der Waals surface area contributed by atoms with Crippen LogP contribution in [0.4, 0.5) is 0 Å². The zero-order valence-corrected chi connectivity index (χ0v) is 36.6. The van der Waals surface area contributed by atoms with Crippen molar-refractivity contribution < 1.29 is 0 Å². The zero-order valence-electron chi connectivity index (χ0n) is 29.3. The predicted octanol–water partition coefficient (Wildman–Crippen LogP) is 13.3. The molecule has 3 aliphatic rings. The van der Waals surface area contributed by atoms with Gasteiger partial charge in [0.1, 0.15) is 0 Å². The molecule has 0 amide bonds. The van der Waals surface area contributed by atoms with Gasteiger partial charge in [-0.1, -0.05) is 84.3 Å². The summed E-state index contributed by atoms with van der Waals surface area (Å²) in [6.45, 7) is 21.0. The van der Waals surface area contributed by atoms with Crippen LogP contribution in [0.2, 0.25) is 0 Å². The molecule has 0 radical (unpaired) electrons. The highest BCUT2D eigenvalue weighted by Crippen LogP contribution is 2.24. The van der Waals surface area contributed by atoms with Crippen molar-refractivity contribution in [3.63, 3.8) is 0 Å². The minimum Gasteiger partial charge on any atom is -0.161 e. The third kappa shape index (κ3) is 37.2. The Morgan fingerprint density at radius 3 is 1.86 bits per heavy atom. The molecule has 0 aliphatic carbocycles. The van der Waals surface area contributed by atoms with E-state index in [4.69, 9.17) is 0 Å². The smallest absolute Gasteiger partial charge is 0.0151 e. The fourth-order valence-corrected chi connectivity index (χ4v) is 13.3. The third-order valence-corrected chi connectivity index (χ3v) is 16.7. The Labute approximate surface area is 315 Å². The van der Waals surface area contributed by atoms with Gasteiger partial charge in [0.25, 0.3) is 0 Å². The van der Waals surface area contributed by atoms with Gasteiger partial charge in [-0.25, -0.2) is 0 Å². The van der Waals surface area contributed by atoms with Gasteiger partial charge in [0.15, 0.2) is 0 Å². The van der Waals surface area contributed by atoms with E-state index >= 15 is 0 Å². The highest BCUT2D eigenvalue weighted by atomic mass is 32.2. The lowest BCUT2D eigenvalue weighted by Crippen LogP contribution is -2.04. The van der Waals surface area contributed by atoms with E-state index in [2.05, 4.69) is 93.3 Å². The first-order valence-electron chi connectivity index (χ1n) is 16.8. The molecule has 0 aromatic heterocycles. The maximum atomic E-state index is 4.08. The Morgan fingerprint density at radius 2 is 1.27 bits per heavy atom. The number of thioether (sulfide) groups is 9. The average molecular weight is 778 g/mol. The highest BCUT2D eigenvalue weighted by Gasteiger charge is 2.10. The molecule has 0 saturated carbocycles. The van der Waals surface area contributed by atoms with Crippen LogP contribution < -0.4 is 0 Å². The van der Waals surface area contributed by atoms with Crippen LogP contribution in [0.5, 0.6) is 0 Å². The molecule has 3 heterocycles. The van der Waals surface area contributed by atoms with Gasteiger partial charge in [0, 0.05) is 74.8 Å². The summed E-state index contributed by atoms with van der Waals surface area (Å²) in [5, 5.41) is 2.36. The number of hydrogen-bond acceptors (Lipinski definition) is 9. The van der Waals surface area contributed by atoms with Gasteiger partial charge in [-0.3, -0.25) is 0 Å². The Bertz CT molecular complexity index is 622. The molecule has 44 heavy (non-hydrogen) atoms. The van der Waals surface area contributed by atoms with Crippen LogP contribution in [-0.4, -0.2) is 97.8 Å². The quantitative estimate of drug-likeness (QED) is 0.124. The van der Waals surface area contributed by atoms with Gasteiger partial charge < -0.3 is 0 Å². The first-order valence-corrected chi connectivity index (χ1v) is 27.1. The van der Waals surface area contributed by atoms with Crippen molar-refractivity contribution in [2.24, 2.45) is 5.92 Å². The molecule has 0 aromatic carbocycles. The molecule has 0 aromatic rings. The molecule has 9 heteroatoms. The largest absolute Gasteiger partial charge is 0.161 e. The lowest BCUT2D eigenvalue weighted by Gasteiger charge is -2.09. The summed E-state index contributed by atoms with van der Waals surface area (Å²) in [6.07, 6.45) is 6.72. The Balaban J connectivity index is 0. The summed E-state index contributed by atoms with van der Waals surface area (Å²) < 4.78 is 0. The average Bonchev–Trinajstić information content (AvgIpc) is 3.57. The maximum Gasteiger partial charge on any atom is 0.0151 e. The molecule has 262 valence electrons. The second-order valence-corrected chi connectivity index (χ2v) is 20.4. The van der Waals surface area contributed by atoms with Crippen molar-refractivity contribution in [2.45, 2.75) is 73.6 Å². The van der Waals surface area contributed by atoms with Crippen molar-refractivity contribution in [3.8, 4) is 0 Å². The summed E-state index contributed by atoms with van der Waals surface area (Å²) in [5.74, 6) is 22.9. The molecule has 0 bridgehead atoms. The molecular formula is C35H68S9. The van der Waals surface area contributed by atoms with E-state index in [9.17, 15) is 0 Å². The molecule has 0 unspecified atom stereocenters. The molecule has 0 N–H and O–H groups in total. The van der Waals surface area contributed by atoms with E-state index in [0.717, 1.165) is 17.4 Å². The molecule has 0 atom stereocenters. The summed E-state index contributed by atoms with van der Waals surface area (Å²) in [4.78, 5) is 0. The minimum atomic E-state index is 1.02. The van der Waals surface area contributed by atoms with Crippen LogP contribution in [0, 0.1) is 5.92 Å². The molecule has 0 spiro atoms. The minimum absolute atomic E-state index is 1.02. The summed E-state index contributed by atoms with van der Waals surface area (Å²) >= 11 is 18.4. The second kappa shape index (κ2) is 41.5. The van der Waals surface area contributed by atoms with E-state index in [1.807, 2.05) is 72.7 Å². The van der Waals surface area contributed by atoms with Crippen molar-refractivity contribution in [1.82, 2.24) is 0 Å². The Hall–Kier alpha value is 2.37. The maximum absolute atomic E-state index is 4.08. The van der Waals surface area contributed by atoms with Gasteiger partial charge in [0.05, 0.1) is 0 Å². The van der Waals surface area contributed by atoms with Crippen LogP contribution in [0.3, 0.4) is 0 Å². The van der Waals surface area contributed by atoms with E-state index in [1.54, 1.807) is 5.57 Å². The van der Waals surface area contributed by atoms with Crippen LogP contribution in [0.25, 0.3) is 0 Å². The van der Waals surface area contributed by atoms with Crippen molar-refractivity contribution in [2.75, 3.05) is 97.8 Å². The van der Waals surface area contributed by atoms with Gasteiger partial charge in [0.2, 0.25) is 0 Å². The van der Waals surface area contributed by atoms with Crippen molar-refractivity contribution in [1.29, 1.82) is 0 Å². The number of hydrogen-bond donors (Lipinski definition) is 0. The monoisotopic (exact) mass is 776 g/mol. The first-order chi connectivity index (χ1) is 21.6. The van der Waals surface area contributed by atoms with Crippen LogP contribution in [0.1, 0.15) is 73.6 Å². The molecule has 0 nitrogen and oxygen atoms in total. The third-order valence-electron chi connectivity index (χ3n) is 5.75. The van der Waals surface area contributed by atoms with Crippen molar-refractivity contribution >= 4 is 106 Å². The molecule has 3 rings (SSSR count). The van der Waals surface area contributed by atoms with E-state index in [1.165, 1.54) is 130 Å². The van der Waals surface area contributed by atoms with E-state index in [0.29, 0.717) is 0 Å². The second-order valence-electron chi connectivity index (χ2n) is 10.2. The molecular weight excluding hydrogens is 709 g/mol. The SMILES string of the molecule is C=C(CSCC)CSCCSCCC.C=C1CSCCSC1.CC.CCCC1=CSCCSC1.CCCC1CSCCSC1. The Kier molecular flexibility index (Phi) is 45.8.